The number of hydrogen-bond donors (Lipinski definition) is 1. The number of pyridine rings is 1. The van der Waals surface area contributed by atoms with E-state index in [1.54, 1.807) is 11.3 Å². The van der Waals surface area contributed by atoms with E-state index in [9.17, 15) is 0 Å². The fourth-order valence-electron chi connectivity index (χ4n) is 1.28. The lowest BCUT2D eigenvalue weighted by molar-refractivity contribution is 1.22. The van der Waals surface area contributed by atoms with Crippen LogP contribution in [-0.4, -0.2) is 4.98 Å². The van der Waals surface area contributed by atoms with Gasteiger partial charge < -0.3 is 5.73 Å². The first kappa shape index (κ1) is 9.21. The van der Waals surface area contributed by atoms with Crippen molar-refractivity contribution in [1.82, 2.24) is 4.98 Å². The number of aromatic nitrogens is 1. The number of aryl methyl sites for hydroxylation is 2. The van der Waals surface area contributed by atoms with Crippen LogP contribution < -0.4 is 5.73 Å². The molecular formula is C11H12N2S. The SMILES string of the molecule is Cc1ccc(-c2ccc(N)c(C)n2)s1. The quantitative estimate of drug-likeness (QED) is 0.775. The number of nitrogens with zero attached hydrogens (tertiary/aromatic N) is 1. The molecule has 0 aliphatic heterocycles. The van der Waals surface area contributed by atoms with Gasteiger partial charge in [0, 0.05) is 4.88 Å². The van der Waals surface area contributed by atoms with Gasteiger partial charge in [0.15, 0.2) is 0 Å². The summed E-state index contributed by atoms with van der Waals surface area (Å²) >= 11 is 1.75. The molecule has 3 heteroatoms. The predicted molar refractivity (Wildman–Crippen MR) is 61.4 cm³/mol. The highest BCUT2D eigenvalue weighted by atomic mass is 32.1. The van der Waals surface area contributed by atoms with Gasteiger partial charge in [0.05, 0.1) is 22.0 Å². The minimum Gasteiger partial charge on any atom is -0.397 e. The van der Waals surface area contributed by atoms with Crippen molar-refractivity contribution >= 4 is 17.0 Å². The van der Waals surface area contributed by atoms with Gasteiger partial charge in [-0.15, -0.1) is 11.3 Å². The van der Waals surface area contributed by atoms with Gasteiger partial charge in [0.2, 0.25) is 0 Å². The molecule has 0 radical (unpaired) electrons. The number of nitrogen functional groups attached to an aromatic ring is 1. The van der Waals surface area contributed by atoms with Gasteiger partial charge in [-0.25, -0.2) is 0 Å². The van der Waals surface area contributed by atoms with Crippen LogP contribution in [0.1, 0.15) is 10.6 Å². The summed E-state index contributed by atoms with van der Waals surface area (Å²) < 4.78 is 0. The molecule has 0 fully saturated rings. The fraction of sp³-hybridized carbons (Fsp3) is 0.182. The van der Waals surface area contributed by atoms with Gasteiger partial charge in [-0.1, -0.05) is 0 Å². The van der Waals surface area contributed by atoms with Gasteiger partial charge in [0.25, 0.3) is 0 Å². The Balaban J connectivity index is 2.47. The second kappa shape index (κ2) is 3.42. The average molecular weight is 204 g/mol. The first-order valence-corrected chi connectivity index (χ1v) is 5.28. The maximum Gasteiger partial charge on any atom is 0.0806 e. The molecule has 0 bridgehead atoms. The molecule has 0 unspecified atom stereocenters. The standard InChI is InChI=1S/C11H12N2S/c1-7-3-6-11(14-7)10-5-4-9(12)8(2)13-10/h3-6H,12H2,1-2H3. The highest BCUT2D eigenvalue weighted by Crippen LogP contribution is 2.27. The number of rotatable bonds is 1. The van der Waals surface area contributed by atoms with Gasteiger partial charge in [-0.2, -0.15) is 0 Å². The average Bonchev–Trinajstić information content (AvgIpc) is 2.57. The Morgan fingerprint density at radius 2 is 1.93 bits per heavy atom. The Labute approximate surface area is 87.4 Å². The van der Waals surface area contributed by atoms with Crippen molar-refractivity contribution in [2.75, 3.05) is 5.73 Å². The first-order valence-electron chi connectivity index (χ1n) is 4.47. The zero-order chi connectivity index (χ0) is 10.1. The molecule has 0 aliphatic carbocycles. The molecule has 2 heterocycles. The number of nitrogens with two attached hydrogens (primary N) is 1. The summed E-state index contributed by atoms with van der Waals surface area (Å²) in [4.78, 5) is 6.94. The van der Waals surface area contributed by atoms with Crippen LogP contribution in [0.3, 0.4) is 0 Å². The van der Waals surface area contributed by atoms with Crippen molar-refractivity contribution < 1.29 is 0 Å². The molecule has 0 aliphatic rings. The maximum absolute atomic E-state index is 5.71. The molecular weight excluding hydrogens is 192 g/mol. The zero-order valence-electron chi connectivity index (χ0n) is 8.24. The topological polar surface area (TPSA) is 38.9 Å². The van der Waals surface area contributed by atoms with Crippen LogP contribution in [0.4, 0.5) is 5.69 Å². The predicted octanol–water partition coefficient (Wildman–Crippen LogP) is 3.01. The van der Waals surface area contributed by atoms with E-state index in [1.807, 2.05) is 19.1 Å². The van der Waals surface area contributed by atoms with Gasteiger partial charge in [0.1, 0.15) is 0 Å². The summed E-state index contributed by atoms with van der Waals surface area (Å²) in [6, 6.07) is 8.08. The molecule has 14 heavy (non-hydrogen) atoms. The van der Waals surface area contributed by atoms with E-state index >= 15 is 0 Å². The van der Waals surface area contributed by atoms with E-state index in [-0.39, 0.29) is 0 Å². The molecule has 2 nitrogen and oxygen atoms in total. The van der Waals surface area contributed by atoms with Crippen LogP contribution in [0.15, 0.2) is 24.3 Å². The summed E-state index contributed by atoms with van der Waals surface area (Å²) in [5.74, 6) is 0. The van der Waals surface area contributed by atoms with E-state index in [2.05, 4.69) is 24.0 Å². The van der Waals surface area contributed by atoms with Crippen LogP contribution in [0.25, 0.3) is 10.6 Å². The Morgan fingerprint density at radius 1 is 1.14 bits per heavy atom. The third kappa shape index (κ3) is 1.63. The van der Waals surface area contributed by atoms with Crippen molar-refractivity contribution in [2.24, 2.45) is 0 Å². The van der Waals surface area contributed by atoms with Crippen LogP contribution in [0.2, 0.25) is 0 Å². The van der Waals surface area contributed by atoms with Gasteiger partial charge in [-0.3, -0.25) is 4.98 Å². The van der Waals surface area contributed by atoms with Crippen LogP contribution in [-0.2, 0) is 0 Å². The Hall–Kier alpha value is -1.35. The summed E-state index contributed by atoms with van der Waals surface area (Å²) in [6.07, 6.45) is 0. The second-order valence-electron chi connectivity index (χ2n) is 3.28. The van der Waals surface area contributed by atoms with Gasteiger partial charge >= 0.3 is 0 Å². The highest BCUT2D eigenvalue weighted by Gasteiger charge is 2.03. The largest absolute Gasteiger partial charge is 0.397 e. The third-order valence-electron chi connectivity index (χ3n) is 2.12. The van der Waals surface area contributed by atoms with E-state index in [4.69, 9.17) is 5.73 Å². The number of anilines is 1. The van der Waals surface area contributed by atoms with Crippen LogP contribution in [0, 0.1) is 13.8 Å². The molecule has 0 aromatic carbocycles. The minimum atomic E-state index is 0.752. The summed E-state index contributed by atoms with van der Waals surface area (Å²) in [5.41, 5.74) is 8.37. The van der Waals surface area contributed by atoms with Crippen molar-refractivity contribution in [1.29, 1.82) is 0 Å². The molecule has 0 amide bonds. The minimum absolute atomic E-state index is 0.752. The molecule has 2 rings (SSSR count). The van der Waals surface area contributed by atoms with Crippen molar-refractivity contribution in [3.05, 3.63) is 34.8 Å². The Kier molecular flexibility index (Phi) is 2.25. The molecule has 2 aromatic heterocycles. The lowest BCUT2D eigenvalue weighted by Crippen LogP contribution is -1.93. The lowest BCUT2D eigenvalue weighted by Gasteiger charge is -2.01. The zero-order valence-corrected chi connectivity index (χ0v) is 9.06. The smallest absolute Gasteiger partial charge is 0.0806 e. The molecule has 0 saturated heterocycles. The number of thiophene rings is 1. The van der Waals surface area contributed by atoms with Crippen molar-refractivity contribution in [3.8, 4) is 10.6 Å². The van der Waals surface area contributed by atoms with E-state index in [0.717, 1.165) is 17.1 Å². The highest BCUT2D eigenvalue weighted by molar-refractivity contribution is 7.15. The maximum atomic E-state index is 5.71. The fourth-order valence-corrected chi connectivity index (χ4v) is 2.12. The monoisotopic (exact) mass is 204 g/mol. The molecule has 2 N–H and O–H groups in total. The van der Waals surface area contributed by atoms with Crippen molar-refractivity contribution in [2.45, 2.75) is 13.8 Å². The van der Waals surface area contributed by atoms with Crippen LogP contribution in [0.5, 0.6) is 0 Å². The van der Waals surface area contributed by atoms with E-state index in [0.29, 0.717) is 0 Å². The van der Waals surface area contributed by atoms with Crippen LogP contribution >= 0.6 is 11.3 Å². The van der Waals surface area contributed by atoms with E-state index in [1.165, 1.54) is 9.75 Å². The number of hydrogen-bond acceptors (Lipinski definition) is 3. The molecule has 72 valence electrons. The lowest BCUT2D eigenvalue weighted by atomic mass is 10.2. The van der Waals surface area contributed by atoms with Crippen molar-refractivity contribution in [3.63, 3.8) is 0 Å². The summed E-state index contributed by atoms with van der Waals surface area (Å²) in [7, 11) is 0. The molecule has 0 spiro atoms. The molecule has 0 atom stereocenters. The Morgan fingerprint density at radius 3 is 2.50 bits per heavy atom. The first-order chi connectivity index (χ1) is 6.66. The van der Waals surface area contributed by atoms with Gasteiger partial charge in [-0.05, 0) is 38.1 Å². The molecule has 0 saturated carbocycles. The third-order valence-corrected chi connectivity index (χ3v) is 3.14. The normalized spacial score (nSPS) is 10.4. The summed E-state index contributed by atoms with van der Waals surface area (Å²) in [6.45, 7) is 4.03. The second-order valence-corrected chi connectivity index (χ2v) is 4.57. The Bertz CT molecular complexity index is 460. The van der Waals surface area contributed by atoms with E-state index < -0.39 is 0 Å². The summed E-state index contributed by atoms with van der Waals surface area (Å²) in [5, 5.41) is 0. The molecule has 2 aromatic rings.